The van der Waals surface area contributed by atoms with E-state index >= 15 is 0 Å². The summed E-state index contributed by atoms with van der Waals surface area (Å²) in [6.45, 7) is 5.32. The Morgan fingerprint density at radius 1 is 1.42 bits per heavy atom. The molecule has 0 saturated heterocycles. The van der Waals surface area contributed by atoms with E-state index in [-0.39, 0.29) is 5.97 Å². The lowest BCUT2D eigenvalue weighted by atomic mass is 10.1. The highest BCUT2D eigenvalue weighted by Gasteiger charge is 2.30. The van der Waals surface area contributed by atoms with Crippen molar-refractivity contribution in [2.75, 3.05) is 23.8 Å². The van der Waals surface area contributed by atoms with E-state index in [0.29, 0.717) is 18.2 Å². The number of anilines is 2. The standard InChI is InChI=1S/C15H22N2O2/c1-3-9-17(12-6-7-12)14-10-11(5-8-13(14)16)15(18)19-4-2/h5,8,10,12H,3-4,6-7,9,16H2,1-2H3. The molecule has 1 aromatic carbocycles. The first-order valence-corrected chi connectivity index (χ1v) is 7.00. The Balaban J connectivity index is 2.27. The quantitative estimate of drug-likeness (QED) is 0.632. The topological polar surface area (TPSA) is 55.6 Å². The second-order valence-corrected chi connectivity index (χ2v) is 4.92. The van der Waals surface area contributed by atoms with Crippen molar-refractivity contribution < 1.29 is 9.53 Å². The first kappa shape index (κ1) is 13.7. The third-order valence-corrected chi connectivity index (χ3v) is 3.30. The molecular formula is C15H22N2O2. The van der Waals surface area contributed by atoms with E-state index in [4.69, 9.17) is 10.5 Å². The Hall–Kier alpha value is -1.71. The van der Waals surface area contributed by atoms with E-state index in [0.717, 1.165) is 24.3 Å². The largest absolute Gasteiger partial charge is 0.462 e. The number of carbonyl (C=O) groups excluding carboxylic acids is 1. The molecule has 0 amide bonds. The molecule has 1 aromatic rings. The molecule has 4 nitrogen and oxygen atoms in total. The summed E-state index contributed by atoms with van der Waals surface area (Å²) in [5.41, 5.74) is 8.34. The van der Waals surface area contributed by atoms with Crippen molar-refractivity contribution in [1.29, 1.82) is 0 Å². The lowest BCUT2D eigenvalue weighted by Gasteiger charge is -2.26. The Morgan fingerprint density at radius 2 is 2.16 bits per heavy atom. The van der Waals surface area contributed by atoms with Gasteiger partial charge in [-0.05, 0) is 44.4 Å². The molecule has 4 heteroatoms. The number of nitrogens with two attached hydrogens (primary N) is 1. The molecule has 0 bridgehead atoms. The van der Waals surface area contributed by atoms with Crippen LogP contribution >= 0.6 is 0 Å². The average molecular weight is 262 g/mol. The highest BCUT2D eigenvalue weighted by Crippen LogP contribution is 2.35. The molecule has 0 spiro atoms. The second-order valence-electron chi connectivity index (χ2n) is 4.92. The van der Waals surface area contributed by atoms with Crippen LogP contribution in [0.5, 0.6) is 0 Å². The Kier molecular flexibility index (Phi) is 4.30. The minimum absolute atomic E-state index is 0.281. The number of benzene rings is 1. The number of carbonyl (C=O) groups is 1. The zero-order valence-electron chi connectivity index (χ0n) is 11.7. The van der Waals surface area contributed by atoms with Gasteiger partial charge in [0.2, 0.25) is 0 Å². The minimum Gasteiger partial charge on any atom is -0.462 e. The van der Waals surface area contributed by atoms with Crippen molar-refractivity contribution in [2.24, 2.45) is 0 Å². The van der Waals surface area contributed by atoms with E-state index in [1.54, 1.807) is 12.1 Å². The van der Waals surface area contributed by atoms with Crippen molar-refractivity contribution in [2.45, 2.75) is 39.2 Å². The lowest BCUT2D eigenvalue weighted by molar-refractivity contribution is 0.0526. The fourth-order valence-corrected chi connectivity index (χ4v) is 2.26. The molecule has 2 rings (SSSR count). The summed E-state index contributed by atoms with van der Waals surface area (Å²) in [6, 6.07) is 5.97. The minimum atomic E-state index is -0.281. The highest BCUT2D eigenvalue weighted by atomic mass is 16.5. The maximum atomic E-state index is 11.8. The Morgan fingerprint density at radius 3 is 2.74 bits per heavy atom. The Labute approximate surface area is 114 Å². The van der Waals surface area contributed by atoms with Crippen LogP contribution in [0.4, 0.5) is 11.4 Å². The van der Waals surface area contributed by atoms with Gasteiger partial charge in [-0.2, -0.15) is 0 Å². The number of nitrogen functional groups attached to an aromatic ring is 1. The molecule has 0 unspecified atom stereocenters. The van der Waals surface area contributed by atoms with Crippen LogP contribution in [0.15, 0.2) is 18.2 Å². The van der Waals surface area contributed by atoms with Gasteiger partial charge in [0.25, 0.3) is 0 Å². The molecule has 0 heterocycles. The third-order valence-electron chi connectivity index (χ3n) is 3.30. The van der Waals surface area contributed by atoms with E-state index in [1.165, 1.54) is 12.8 Å². The van der Waals surface area contributed by atoms with Crippen LogP contribution in [-0.2, 0) is 4.74 Å². The molecule has 1 saturated carbocycles. The van der Waals surface area contributed by atoms with Crippen LogP contribution in [0.1, 0.15) is 43.5 Å². The van der Waals surface area contributed by atoms with Gasteiger partial charge in [-0.3, -0.25) is 0 Å². The smallest absolute Gasteiger partial charge is 0.338 e. The SMILES string of the molecule is CCCN(c1cc(C(=O)OCC)ccc1N)C1CC1. The summed E-state index contributed by atoms with van der Waals surface area (Å²) in [5.74, 6) is -0.281. The molecule has 1 fully saturated rings. The van der Waals surface area contributed by atoms with Gasteiger partial charge in [-0.25, -0.2) is 4.79 Å². The molecule has 1 aliphatic carbocycles. The van der Waals surface area contributed by atoms with Crippen LogP contribution in [0.25, 0.3) is 0 Å². The van der Waals surface area contributed by atoms with E-state index in [9.17, 15) is 4.79 Å². The lowest BCUT2D eigenvalue weighted by Crippen LogP contribution is -2.27. The summed E-state index contributed by atoms with van der Waals surface area (Å²) in [6.07, 6.45) is 3.49. The maximum absolute atomic E-state index is 11.8. The normalized spacial score (nSPS) is 14.2. The predicted molar refractivity (Wildman–Crippen MR) is 77.5 cm³/mol. The first-order chi connectivity index (χ1) is 9.17. The van der Waals surface area contributed by atoms with Crippen molar-refractivity contribution in [3.8, 4) is 0 Å². The number of hydrogen-bond donors (Lipinski definition) is 1. The van der Waals surface area contributed by atoms with E-state index in [2.05, 4.69) is 11.8 Å². The first-order valence-electron chi connectivity index (χ1n) is 7.00. The van der Waals surface area contributed by atoms with Gasteiger partial charge in [0.05, 0.1) is 23.5 Å². The van der Waals surface area contributed by atoms with Gasteiger partial charge in [0, 0.05) is 12.6 Å². The van der Waals surface area contributed by atoms with Crippen LogP contribution in [-0.4, -0.2) is 25.2 Å². The van der Waals surface area contributed by atoms with Gasteiger partial charge >= 0.3 is 5.97 Å². The van der Waals surface area contributed by atoms with E-state index in [1.807, 2.05) is 13.0 Å². The fraction of sp³-hybridized carbons (Fsp3) is 0.533. The summed E-state index contributed by atoms with van der Waals surface area (Å²) < 4.78 is 5.04. The molecule has 2 N–H and O–H groups in total. The van der Waals surface area contributed by atoms with Crippen LogP contribution < -0.4 is 10.6 Å². The van der Waals surface area contributed by atoms with Crippen molar-refractivity contribution in [3.63, 3.8) is 0 Å². The molecule has 19 heavy (non-hydrogen) atoms. The van der Waals surface area contributed by atoms with E-state index < -0.39 is 0 Å². The van der Waals surface area contributed by atoms with Crippen molar-refractivity contribution in [3.05, 3.63) is 23.8 Å². The summed E-state index contributed by atoms with van der Waals surface area (Å²) >= 11 is 0. The van der Waals surface area contributed by atoms with Crippen LogP contribution in [0, 0.1) is 0 Å². The molecule has 0 radical (unpaired) electrons. The Bertz CT molecular complexity index is 455. The zero-order chi connectivity index (χ0) is 13.8. The monoisotopic (exact) mass is 262 g/mol. The molecule has 0 aliphatic heterocycles. The van der Waals surface area contributed by atoms with Crippen molar-refractivity contribution in [1.82, 2.24) is 0 Å². The van der Waals surface area contributed by atoms with Gasteiger partial charge in [0.1, 0.15) is 0 Å². The molecule has 0 aromatic heterocycles. The second kappa shape index (κ2) is 5.95. The zero-order valence-corrected chi connectivity index (χ0v) is 11.7. The molecule has 104 valence electrons. The number of rotatable bonds is 6. The number of hydrogen-bond acceptors (Lipinski definition) is 4. The summed E-state index contributed by atoms with van der Waals surface area (Å²) in [5, 5.41) is 0. The average Bonchev–Trinajstić information content (AvgIpc) is 3.21. The molecule has 0 atom stereocenters. The third kappa shape index (κ3) is 3.19. The summed E-state index contributed by atoms with van der Waals surface area (Å²) in [7, 11) is 0. The van der Waals surface area contributed by atoms with Crippen LogP contribution in [0.3, 0.4) is 0 Å². The van der Waals surface area contributed by atoms with Gasteiger partial charge in [-0.15, -0.1) is 0 Å². The molecular weight excluding hydrogens is 240 g/mol. The number of esters is 1. The van der Waals surface area contributed by atoms with Crippen molar-refractivity contribution >= 4 is 17.3 Å². The predicted octanol–water partition coefficient (Wildman–Crippen LogP) is 2.82. The number of nitrogens with zero attached hydrogens (tertiary/aromatic N) is 1. The van der Waals surface area contributed by atoms with Crippen LogP contribution in [0.2, 0.25) is 0 Å². The van der Waals surface area contributed by atoms with Gasteiger partial charge < -0.3 is 15.4 Å². The maximum Gasteiger partial charge on any atom is 0.338 e. The number of ether oxygens (including phenoxy) is 1. The summed E-state index contributed by atoms with van der Waals surface area (Å²) in [4.78, 5) is 14.1. The molecule has 1 aliphatic rings. The van der Waals surface area contributed by atoms with Gasteiger partial charge in [0.15, 0.2) is 0 Å². The fourth-order valence-electron chi connectivity index (χ4n) is 2.26. The van der Waals surface area contributed by atoms with Gasteiger partial charge in [-0.1, -0.05) is 6.92 Å². The highest BCUT2D eigenvalue weighted by molar-refractivity contribution is 5.92.